The van der Waals surface area contributed by atoms with Crippen LogP contribution in [-0.4, -0.2) is 17.7 Å². The average molecular weight is 312 g/mol. The zero-order valence-electron chi connectivity index (χ0n) is 13.1. The van der Waals surface area contributed by atoms with Crippen molar-refractivity contribution in [3.63, 3.8) is 0 Å². The van der Waals surface area contributed by atoms with Crippen molar-refractivity contribution in [2.45, 2.75) is 20.8 Å². The molecule has 23 heavy (non-hydrogen) atoms. The fourth-order valence-corrected chi connectivity index (χ4v) is 2.09. The first-order chi connectivity index (χ1) is 10.9. The van der Waals surface area contributed by atoms with E-state index in [0.717, 1.165) is 5.56 Å². The van der Waals surface area contributed by atoms with Crippen LogP contribution >= 0.6 is 0 Å². The van der Waals surface area contributed by atoms with Crippen LogP contribution in [0.4, 0.5) is 0 Å². The second-order valence-corrected chi connectivity index (χ2v) is 4.98. The number of Topliss-reactive ketones (excluding diaryl/α,β-unsaturated/α-hetero) is 1. The molecule has 0 saturated heterocycles. The first-order valence-electron chi connectivity index (χ1n) is 6.99. The number of benzene rings is 2. The van der Waals surface area contributed by atoms with Gasteiger partial charge in [-0.15, -0.1) is 0 Å². The number of hydrogen-bond acceptors (Lipinski definition) is 5. The van der Waals surface area contributed by atoms with Gasteiger partial charge in [-0.3, -0.25) is 14.4 Å². The van der Waals surface area contributed by atoms with E-state index in [4.69, 9.17) is 9.47 Å². The van der Waals surface area contributed by atoms with Crippen LogP contribution in [0.1, 0.15) is 31.1 Å². The van der Waals surface area contributed by atoms with E-state index in [9.17, 15) is 14.4 Å². The van der Waals surface area contributed by atoms with Gasteiger partial charge in [-0.2, -0.15) is 0 Å². The van der Waals surface area contributed by atoms with Crippen molar-refractivity contribution >= 4 is 17.7 Å². The summed E-state index contributed by atoms with van der Waals surface area (Å²) in [4.78, 5) is 33.7. The monoisotopic (exact) mass is 312 g/mol. The van der Waals surface area contributed by atoms with Gasteiger partial charge in [-0.25, -0.2) is 0 Å². The van der Waals surface area contributed by atoms with Crippen molar-refractivity contribution in [1.29, 1.82) is 0 Å². The number of hydrogen-bond donors (Lipinski definition) is 0. The summed E-state index contributed by atoms with van der Waals surface area (Å²) in [6.07, 6.45) is 0. The highest BCUT2D eigenvalue weighted by Gasteiger charge is 2.12. The highest BCUT2D eigenvalue weighted by atomic mass is 16.5. The molecule has 5 heteroatoms. The Balaban J connectivity index is 2.45. The number of ether oxygens (including phenoxy) is 2. The van der Waals surface area contributed by atoms with Crippen molar-refractivity contribution in [3.8, 4) is 22.6 Å². The standard InChI is InChI=1S/C18H16O5/c1-11(19)14-4-6-15(7-5-14)17-9-8-16(22-12(2)20)10-18(17)23-13(3)21/h4-10H,1-3H3. The minimum atomic E-state index is -0.480. The minimum absolute atomic E-state index is 0.0260. The van der Waals surface area contributed by atoms with Crippen LogP contribution in [0.3, 0.4) is 0 Å². The zero-order chi connectivity index (χ0) is 17.0. The third-order valence-corrected chi connectivity index (χ3v) is 3.07. The minimum Gasteiger partial charge on any atom is -0.427 e. The summed E-state index contributed by atoms with van der Waals surface area (Å²) in [5.41, 5.74) is 2.03. The molecule has 0 fully saturated rings. The fraction of sp³-hybridized carbons (Fsp3) is 0.167. The van der Waals surface area contributed by atoms with Gasteiger partial charge < -0.3 is 9.47 Å². The zero-order valence-corrected chi connectivity index (χ0v) is 13.1. The second kappa shape index (κ2) is 6.87. The van der Waals surface area contributed by atoms with E-state index in [0.29, 0.717) is 11.1 Å². The molecule has 2 aromatic carbocycles. The van der Waals surface area contributed by atoms with Gasteiger partial charge in [0.05, 0.1) is 0 Å². The topological polar surface area (TPSA) is 69.7 Å². The van der Waals surface area contributed by atoms with Crippen LogP contribution in [0.2, 0.25) is 0 Å². The smallest absolute Gasteiger partial charge is 0.308 e. The average Bonchev–Trinajstić information content (AvgIpc) is 2.46. The molecule has 5 nitrogen and oxygen atoms in total. The van der Waals surface area contributed by atoms with Crippen LogP contribution in [0.25, 0.3) is 11.1 Å². The molecule has 0 unspecified atom stereocenters. The van der Waals surface area contributed by atoms with E-state index in [1.807, 2.05) is 0 Å². The number of carbonyl (C=O) groups excluding carboxylic acids is 3. The normalized spacial score (nSPS) is 10.0. The third kappa shape index (κ3) is 4.26. The Labute approximate surface area is 133 Å². The van der Waals surface area contributed by atoms with Crippen LogP contribution in [-0.2, 0) is 9.59 Å². The molecule has 0 radical (unpaired) electrons. The molecule has 0 aliphatic carbocycles. The van der Waals surface area contributed by atoms with Crippen molar-refractivity contribution < 1.29 is 23.9 Å². The van der Waals surface area contributed by atoms with Crippen molar-refractivity contribution in [1.82, 2.24) is 0 Å². The molecule has 2 aromatic rings. The molecule has 0 bridgehead atoms. The van der Waals surface area contributed by atoms with Crippen molar-refractivity contribution in [2.24, 2.45) is 0 Å². The Morgan fingerprint density at radius 3 is 1.91 bits per heavy atom. The second-order valence-electron chi connectivity index (χ2n) is 4.98. The summed E-state index contributed by atoms with van der Waals surface area (Å²) in [6.45, 7) is 4.08. The third-order valence-electron chi connectivity index (χ3n) is 3.07. The molecule has 0 amide bonds. The number of rotatable bonds is 4. The largest absolute Gasteiger partial charge is 0.427 e. The summed E-state index contributed by atoms with van der Waals surface area (Å²) in [7, 11) is 0. The lowest BCUT2D eigenvalue weighted by Gasteiger charge is -2.11. The predicted molar refractivity (Wildman–Crippen MR) is 84.5 cm³/mol. The number of esters is 2. The van der Waals surface area contributed by atoms with E-state index in [1.165, 1.54) is 26.8 Å². The highest BCUT2D eigenvalue weighted by molar-refractivity contribution is 5.94. The van der Waals surface area contributed by atoms with Crippen LogP contribution < -0.4 is 9.47 Å². The number of ketones is 1. The Hall–Kier alpha value is -2.95. The van der Waals surface area contributed by atoms with E-state index in [2.05, 4.69) is 0 Å². The summed E-state index contributed by atoms with van der Waals surface area (Å²) in [6, 6.07) is 11.7. The summed E-state index contributed by atoms with van der Waals surface area (Å²) in [5, 5.41) is 0. The predicted octanol–water partition coefficient (Wildman–Crippen LogP) is 3.41. The van der Waals surface area contributed by atoms with E-state index < -0.39 is 11.9 Å². The molecule has 0 atom stereocenters. The first kappa shape index (κ1) is 16.4. The fourth-order valence-electron chi connectivity index (χ4n) is 2.09. The van der Waals surface area contributed by atoms with Crippen LogP contribution in [0.15, 0.2) is 42.5 Å². The van der Waals surface area contributed by atoms with Gasteiger partial charge in [-0.1, -0.05) is 24.3 Å². The molecule has 0 spiro atoms. The lowest BCUT2D eigenvalue weighted by atomic mass is 10.0. The highest BCUT2D eigenvalue weighted by Crippen LogP contribution is 2.34. The Morgan fingerprint density at radius 1 is 0.783 bits per heavy atom. The lowest BCUT2D eigenvalue weighted by molar-refractivity contribution is -0.132. The maximum atomic E-state index is 11.3. The first-order valence-corrected chi connectivity index (χ1v) is 6.99. The van der Waals surface area contributed by atoms with E-state index in [-0.39, 0.29) is 17.3 Å². The van der Waals surface area contributed by atoms with Crippen molar-refractivity contribution in [2.75, 3.05) is 0 Å². The molecule has 2 rings (SSSR count). The van der Waals surface area contributed by atoms with E-state index in [1.54, 1.807) is 36.4 Å². The molecule has 0 aromatic heterocycles. The van der Waals surface area contributed by atoms with Crippen molar-refractivity contribution in [3.05, 3.63) is 48.0 Å². The molecular formula is C18H16O5. The maximum Gasteiger partial charge on any atom is 0.308 e. The van der Waals surface area contributed by atoms with E-state index >= 15 is 0 Å². The van der Waals surface area contributed by atoms with Gasteiger partial charge in [0, 0.05) is 31.0 Å². The van der Waals surface area contributed by atoms with Gasteiger partial charge in [0.2, 0.25) is 0 Å². The quantitative estimate of drug-likeness (QED) is 0.491. The molecule has 0 aliphatic heterocycles. The van der Waals surface area contributed by atoms with Crippen LogP contribution in [0, 0.1) is 0 Å². The van der Waals surface area contributed by atoms with Crippen LogP contribution in [0.5, 0.6) is 11.5 Å². The maximum absolute atomic E-state index is 11.3. The molecule has 0 heterocycles. The molecule has 0 saturated carbocycles. The summed E-state index contributed by atoms with van der Waals surface area (Å²) < 4.78 is 10.2. The lowest BCUT2D eigenvalue weighted by Crippen LogP contribution is -2.05. The molecule has 118 valence electrons. The van der Waals surface area contributed by atoms with Gasteiger partial charge in [0.25, 0.3) is 0 Å². The molecule has 0 aliphatic rings. The van der Waals surface area contributed by atoms with Gasteiger partial charge in [-0.05, 0) is 24.6 Å². The van der Waals surface area contributed by atoms with Gasteiger partial charge in [0.1, 0.15) is 11.5 Å². The number of carbonyl (C=O) groups is 3. The van der Waals surface area contributed by atoms with Gasteiger partial charge >= 0.3 is 11.9 Å². The Morgan fingerprint density at radius 2 is 1.39 bits per heavy atom. The SMILES string of the molecule is CC(=O)Oc1ccc(-c2ccc(C(C)=O)cc2)c(OC(C)=O)c1. The van der Waals surface area contributed by atoms with Gasteiger partial charge in [0.15, 0.2) is 5.78 Å². The Bertz CT molecular complexity index is 759. The molecular weight excluding hydrogens is 296 g/mol. The summed E-state index contributed by atoms with van der Waals surface area (Å²) in [5.74, 6) is -0.393. The summed E-state index contributed by atoms with van der Waals surface area (Å²) >= 11 is 0. The molecule has 0 N–H and O–H groups in total. The Kier molecular flexibility index (Phi) is 4.91.